The van der Waals surface area contributed by atoms with Crippen molar-refractivity contribution in [3.05, 3.63) is 66.4 Å². The Kier molecular flexibility index (Phi) is 5.38. The second-order valence-electron chi connectivity index (χ2n) is 5.46. The first-order valence-electron chi connectivity index (χ1n) is 7.91. The summed E-state index contributed by atoms with van der Waals surface area (Å²) >= 11 is 0. The number of pyridine rings is 1. The molecule has 3 rings (SSSR count). The number of methoxy groups -OCH3 is 2. The van der Waals surface area contributed by atoms with Crippen LogP contribution in [0.5, 0.6) is 11.5 Å². The molecule has 1 N–H and O–H groups in total. The third-order valence-electron chi connectivity index (χ3n) is 3.75. The van der Waals surface area contributed by atoms with E-state index in [0.29, 0.717) is 29.3 Å². The molecular weight excluding hydrogens is 332 g/mol. The number of nitrogens with one attached hydrogen (secondary N) is 1. The number of hydrogen-bond acceptors (Lipinski definition) is 6. The van der Waals surface area contributed by atoms with Crippen LogP contribution in [0.15, 0.2) is 55.2 Å². The summed E-state index contributed by atoms with van der Waals surface area (Å²) in [5.41, 5.74) is 2.85. The molecule has 2 aromatic heterocycles. The van der Waals surface area contributed by atoms with Gasteiger partial charge in [0, 0.05) is 36.8 Å². The number of amides is 1. The van der Waals surface area contributed by atoms with Gasteiger partial charge in [-0.1, -0.05) is 0 Å². The maximum Gasteiger partial charge on any atom is 0.253 e. The van der Waals surface area contributed by atoms with Crippen LogP contribution in [0.25, 0.3) is 11.3 Å². The summed E-state index contributed by atoms with van der Waals surface area (Å²) in [6.45, 7) is 0.348. The molecule has 7 heteroatoms. The number of hydrogen-bond donors (Lipinski definition) is 1. The van der Waals surface area contributed by atoms with E-state index in [1.807, 2.05) is 12.1 Å². The van der Waals surface area contributed by atoms with Gasteiger partial charge in [0.2, 0.25) is 0 Å². The van der Waals surface area contributed by atoms with Crippen LogP contribution in [-0.4, -0.2) is 35.1 Å². The first kappa shape index (κ1) is 17.3. The van der Waals surface area contributed by atoms with Crippen molar-refractivity contribution in [2.24, 2.45) is 0 Å². The monoisotopic (exact) mass is 350 g/mol. The van der Waals surface area contributed by atoms with E-state index in [1.165, 1.54) is 12.5 Å². The van der Waals surface area contributed by atoms with Crippen molar-refractivity contribution in [1.82, 2.24) is 20.3 Å². The van der Waals surface area contributed by atoms with E-state index in [0.717, 1.165) is 11.1 Å². The van der Waals surface area contributed by atoms with Crippen molar-refractivity contribution < 1.29 is 14.3 Å². The van der Waals surface area contributed by atoms with Gasteiger partial charge in [-0.25, -0.2) is 9.97 Å². The molecule has 0 saturated carbocycles. The highest BCUT2D eigenvalue weighted by Gasteiger charge is 2.08. The van der Waals surface area contributed by atoms with Gasteiger partial charge in [-0.05, 0) is 29.8 Å². The van der Waals surface area contributed by atoms with Crippen LogP contribution in [0.3, 0.4) is 0 Å². The second-order valence-corrected chi connectivity index (χ2v) is 5.46. The molecule has 0 radical (unpaired) electrons. The zero-order valence-corrected chi connectivity index (χ0v) is 14.5. The fraction of sp³-hybridized carbons (Fsp3) is 0.158. The first-order valence-corrected chi connectivity index (χ1v) is 7.91. The van der Waals surface area contributed by atoms with Gasteiger partial charge >= 0.3 is 0 Å². The minimum Gasteiger partial charge on any atom is -0.497 e. The Morgan fingerprint density at radius 2 is 1.69 bits per heavy atom. The smallest absolute Gasteiger partial charge is 0.253 e. The Balaban J connectivity index is 1.67. The van der Waals surface area contributed by atoms with Crippen molar-refractivity contribution >= 4 is 5.91 Å². The van der Waals surface area contributed by atoms with Gasteiger partial charge in [-0.3, -0.25) is 9.78 Å². The van der Waals surface area contributed by atoms with Gasteiger partial charge in [0.25, 0.3) is 5.91 Å². The summed E-state index contributed by atoms with van der Waals surface area (Å²) in [4.78, 5) is 24.6. The van der Waals surface area contributed by atoms with E-state index in [-0.39, 0.29) is 5.91 Å². The van der Waals surface area contributed by atoms with Crippen LogP contribution in [0.4, 0.5) is 0 Å². The minimum absolute atomic E-state index is 0.213. The number of ether oxygens (including phenoxy) is 2. The van der Waals surface area contributed by atoms with Gasteiger partial charge in [0.05, 0.1) is 25.5 Å². The number of rotatable bonds is 6. The van der Waals surface area contributed by atoms with E-state index in [2.05, 4.69) is 20.3 Å². The predicted molar refractivity (Wildman–Crippen MR) is 96.0 cm³/mol. The largest absolute Gasteiger partial charge is 0.497 e. The normalized spacial score (nSPS) is 10.2. The fourth-order valence-corrected chi connectivity index (χ4v) is 2.38. The second kappa shape index (κ2) is 8.06. The highest BCUT2D eigenvalue weighted by molar-refractivity contribution is 5.94. The summed E-state index contributed by atoms with van der Waals surface area (Å²) in [5.74, 6) is 1.13. The summed E-state index contributed by atoms with van der Waals surface area (Å²) in [7, 11) is 3.17. The molecule has 0 bridgehead atoms. The van der Waals surface area contributed by atoms with Gasteiger partial charge in [0.15, 0.2) is 0 Å². The topological polar surface area (TPSA) is 86.2 Å². The SMILES string of the molecule is COc1cc(CNC(=O)c2ccc(-c3cncnc3)nc2)cc(OC)c1. The van der Waals surface area contributed by atoms with Crippen LogP contribution in [0, 0.1) is 0 Å². The lowest BCUT2D eigenvalue weighted by Crippen LogP contribution is -2.23. The molecule has 0 unspecified atom stereocenters. The van der Waals surface area contributed by atoms with E-state index >= 15 is 0 Å². The van der Waals surface area contributed by atoms with Crippen LogP contribution >= 0.6 is 0 Å². The van der Waals surface area contributed by atoms with Crippen LogP contribution in [-0.2, 0) is 6.54 Å². The Bertz CT molecular complexity index is 861. The maximum absolute atomic E-state index is 12.3. The molecule has 26 heavy (non-hydrogen) atoms. The van der Waals surface area contributed by atoms with Gasteiger partial charge in [-0.15, -0.1) is 0 Å². The molecule has 0 aliphatic carbocycles. The van der Waals surface area contributed by atoms with E-state index in [1.54, 1.807) is 44.8 Å². The highest BCUT2D eigenvalue weighted by atomic mass is 16.5. The molecule has 2 heterocycles. The van der Waals surface area contributed by atoms with Gasteiger partial charge < -0.3 is 14.8 Å². The zero-order valence-electron chi connectivity index (χ0n) is 14.5. The Morgan fingerprint density at radius 1 is 1.00 bits per heavy atom. The van der Waals surface area contributed by atoms with Crippen molar-refractivity contribution in [1.29, 1.82) is 0 Å². The van der Waals surface area contributed by atoms with Crippen LogP contribution in [0.2, 0.25) is 0 Å². The van der Waals surface area contributed by atoms with E-state index < -0.39 is 0 Å². The van der Waals surface area contributed by atoms with Crippen LogP contribution in [0.1, 0.15) is 15.9 Å². The summed E-state index contributed by atoms with van der Waals surface area (Å²) in [6, 6.07) is 8.96. The van der Waals surface area contributed by atoms with Crippen molar-refractivity contribution in [3.63, 3.8) is 0 Å². The number of benzene rings is 1. The molecule has 0 saturated heterocycles. The summed E-state index contributed by atoms with van der Waals surface area (Å²) in [5, 5.41) is 2.86. The Hall–Kier alpha value is -3.48. The van der Waals surface area contributed by atoms with E-state index in [4.69, 9.17) is 9.47 Å². The number of aromatic nitrogens is 3. The summed E-state index contributed by atoms with van der Waals surface area (Å²) < 4.78 is 10.5. The molecule has 0 aliphatic heterocycles. The van der Waals surface area contributed by atoms with Gasteiger partial charge in [0.1, 0.15) is 17.8 Å². The Morgan fingerprint density at radius 3 is 2.27 bits per heavy atom. The van der Waals surface area contributed by atoms with Gasteiger partial charge in [-0.2, -0.15) is 0 Å². The quantitative estimate of drug-likeness (QED) is 0.735. The minimum atomic E-state index is -0.213. The lowest BCUT2D eigenvalue weighted by molar-refractivity contribution is 0.0950. The number of nitrogens with zero attached hydrogens (tertiary/aromatic N) is 3. The fourth-order valence-electron chi connectivity index (χ4n) is 2.38. The molecule has 0 spiro atoms. The van der Waals surface area contributed by atoms with E-state index in [9.17, 15) is 4.79 Å². The number of carbonyl (C=O) groups excluding carboxylic acids is 1. The average Bonchev–Trinajstić information content (AvgIpc) is 2.72. The lowest BCUT2D eigenvalue weighted by Gasteiger charge is -2.10. The molecule has 1 aromatic carbocycles. The van der Waals surface area contributed by atoms with Crippen LogP contribution < -0.4 is 14.8 Å². The molecule has 0 fully saturated rings. The maximum atomic E-state index is 12.3. The summed E-state index contributed by atoms with van der Waals surface area (Å²) in [6.07, 6.45) is 6.33. The third-order valence-corrected chi connectivity index (χ3v) is 3.75. The Labute approximate surface area is 151 Å². The number of carbonyl (C=O) groups is 1. The van der Waals surface area contributed by atoms with Crippen molar-refractivity contribution in [3.8, 4) is 22.8 Å². The standard InChI is InChI=1S/C19H18N4O3/c1-25-16-5-13(6-17(7-16)26-2)8-23-19(24)14-3-4-18(22-11-14)15-9-20-12-21-10-15/h3-7,9-12H,8H2,1-2H3,(H,23,24). The molecular formula is C19H18N4O3. The predicted octanol–water partition coefficient (Wildman–Crippen LogP) is 2.49. The lowest BCUT2D eigenvalue weighted by atomic mass is 10.1. The average molecular weight is 350 g/mol. The molecule has 1 amide bonds. The van der Waals surface area contributed by atoms with Crippen molar-refractivity contribution in [2.75, 3.05) is 14.2 Å². The molecule has 132 valence electrons. The molecule has 7 nitrogen and oxygen atoms in total. The zero-order chi connectivity index (χ0) is 18.4. The molecule has 3 aromatic rings. The van der Waals surface area contributed by atoms with Crippen molar-refractivity contribution in [2.45, 2.75) is 6.54 Å². The molecule has 0 atom stereocenters. The molecule has 0 aliphatic rings. The first-order chi connectivity index (χ1) is 12.7. The third kappa shape index (κ3) is 4.13. The highest BCUT2D eigenvalue weighted by Crippen LogP contribution is 2.22.